The fourth-order valence-corrected chi connectivity index (χ4v) is 2.09. The number of hydrogen-bond acceptors (Lipinski definition) is 5. The van der Waals surface area contributed by atoms with Crippen LogP contribution in [0.4, 0.5) is 18.9 Å². The monoisotopic (exact) mass is 301 g/mol. The van der Waals surface area contributed by atoms with Crippen LogP contribution in [-0.4, -0.2) is 14.9 Å². The van der Waals surface area contributed by atoms with Gasteiger partial charge >= 0.3 is 6.18 Å². The van der Waals surface area contributed by atoms with E-state index < -0.39 is 16.8 Å². The van der Waals surface area contributed by atoms with E-state index in [1.54, 1.807) is 0 Å². The topological polar surface area (TPSA) is 68.9 Å². The maximum Gasteiger partial charge on any atom is 0.433 e. The minimum absolute atomic E-state index is 0.0898. The van der Waals surface area contributed by atoms with Gasteiger partial charge in [0, 0.05) is 23.1 Å². The molecule has 2 aromatic rings. The molecule has 1 heterocycles. The van der Waals surface area contributed by atoms with Crippen molar-refractivity contribution in [1.29, 1.82) is 0 Å². The molecule has 0 aliphatic rings. The third-order valence-electron chi connectivity index (χ3n) is 2.20. The fraction of sp³-hybridized carbons (Fsp3) is 0.0909. The van der Waals surface area contributed by atoms with Gasteiger partial charge in [-0.3, -0.25) is 10.1 Å². The summed E-state index contributed by atoms with van der Waals surface area (Å²) in [5, 5.41) is 10.6. The predicted octanol–water partition coefficient (Wildman–Crippen LogP) is 3.55. The number of alkyl halides is 3. The van der Waals surface area contributed by atoms with Crippen LogP contribution >= 0.6 is 11.8 Å². The second-order valence-corrected chi connectivity index (χ2v) is 4.69. The Kier molecular flexibility index (Phi) is 3.89. The normalized spacial score (nSPS) is 11.3. The average molecular weight is 301 g/mol. The van der Waals surface area contributed by atoms with E-state index in [4.69, 9.17) is 0 Å². The standard InChI is InChI=1S/C11H6F3N3O2S/c12-11(13,14)9-5-10(16-6-15-9)20-8-3-1-7(2-4-8)17(18)19/h1-6H. The van der Waals surface area contributed by atoms with Crippen molar-refractivity contribution in [3.05, 3.63) is 52.5 Å². The molecule has 0 spiro atoms. The van der Waals surface area contributed by atoms with Gasteiger partial charge in [-0.15, -0.1) is 0 Å². The van der Waals surface area contributed by atoms with Gasteiger partial charge in [0.1, 0.15) is 17.0 Å². The van der Waals surface area contributed by atoms with Crippen molar-refractivity contribution in [1.82, 2.24) is 9.97 Å². The van der Waals surface area contributed by atoms with Gasteiger partial charge < -0.3 is 0 Å². The minimum Gasteiger partial charge on any atom is -0.258 e. The largest absolute Gasteiger partial charge is 0.433 e. The van der Waals surface area contributed by atoms with Crippen molar-refractivity contribution >= 4 is 17.4 Å². The van der Waals surface area contributed by atoms with E-state index in [0.29, 0.717) is 4.90 Å². The highest BCUT2D eigenvalue weighted by molar-refractivity contribution is 7.99. The summed E-state index contributed by atoms with van der Waals surface area (Å²) in [6.45, 7) is 0. The van der Waals surface area contributed by atoms with Crippen molar-refractivity contribution in [2.45, 2.75) is 16.1 Å². The number of nitro benzene ring substituents is 1. The van der Waals surface area contributed by atoms with Gasteiger partial charge in [-0.05, 0) is 12.1 Å². The molecule has 1 aromatic carbocycles. The lowest BCUT2D eigenvalue weighted by molar-refractivity contribution is -0.384. The molecular weight excluding hydrogens is 295 g/mol. The number of rotatable bonds is 3. The van der Waals surface area contributed by atoms with E-state index in [-0.39, 0.29) is 10.7 Å². The van der Waals surface area contributed by atoms with Gasteiger partial charge in [0.05, 0.1) is 4.92 Å². The van der Waals surface area contributed by atoms with Crippen molar-refractivity contribution < 1.29 is 18.1 Å². The van der Waals surface area contributed by atoms with E-state index in [1.807, 2.05) is 0 Å². The average Bonchev–Trinajstić information content (AvgIpc) is 2.38. The molecule has 0 N–H and O–H groups in total. The fourth-order valence-electron chi connectivity index (χ4n) is 1.31. The lowest BCUT2D eigenvalue weighted by atomic mass is 10.3. The van der Waals surface area contributed by atoms with Crippen LogP contribution in [0.3, 0.4) is 0 Å². The number of halogens is 3. The maximum atomic E-state index is 12.5. The first-order valence-corrected chi connectivity index (χ1v) is 5.99. The van der Waals surface area contributed by atoms with Gasteiger partial charge in [0.15, 0.2) is 0 Å². The molecule has 0 aliphatic heterocycles. The highest BCUT2D eigenvalue weighted by atomic mass is 32.2. The number of benzene rings is 1. The van der Waals surface area contributed by atoms with E-state index in [2.05, 4.69) is 9.97 Å². The highest BCUT2D eigenvalue weighted by Gasteiger charge is 2.32. The Morgan fingerprint density at radius 1 is 1.15 bits per heavy atom. The van der Waals surface area contributed by atoms with Gasteiger partial charge in [-0.1, -0.05) is 11.8 Å². The number of nitrogens with zero attached hydrogens (tertiary/aromatic N) is 3. The SMILES string of the molecule is O=[N+]([O-])c1ccc(Sc2cc(C(F)(F)F)ncn2)cc1. The van der Waals surface area contributed by atoms with Crippen molar-refractivity contribution in [3.63, 3.8) is 0 Å². The van der Waals surface area contributed by atoms with Crippen molar-refractivity contribution in [3.8, 4) is 0 Å². The summed E-state index contributed by atoms with van der Waals surface area (Å²) in [5.74, 6) is 0. The molecule has 0 radical (unpaired) electrons. The molecule has 0 bridgehead atoms. The van der Waals surface area contributed by atoms with Gasteiger partial charge in [0.2, 0.25) is 0 Å². The molecule has 0 saturated heterocycles. The van der Waals surface area contributed by atoms with E-state index in [9.17, 15) is 23.3 Å². The molecule has 0 atom stereocenters. The maximum absolute atomic E-state index is 12.5. The Hall–Kier alpha value is -2.16. The van der Waals surface area contributed by atoms with Crippen molar-refractivity contribution in [2.24, 2.45) is 0 Å². The van der Waals surface area contributed by atoms with Crippen LogP contribution in [0.1, 0.15) is 5.69 Å². The first-order valence-electron chi connectivity index (χ1n) is 5.18. The van der Waals surface area contributed by atoms with Crippen molar-refractivity contribution in [2.75, 3.05) is 0 Å². The number of non-ortho nitro benzene ring substituents is 1. The second-order valence-electron chi connectivity index (χ2n) is 3.59. The Morgan fingerprint density at radius 3 is 2.35 bits per heavy atom. The first kappa shape index (κ1) is 14.3. The van der Waals surface area contributed by atoms with Crippen LogP contribution in [-0.2, 0) is 6.18 Å². The molecule has 0 fully saturated rings. The molecule has 104 valence electrons. The number of nitro groups is 1. The van der Waals surface area contributed by atoms with Gasteiger partial charge in [-0.2, -0.15) is 13.2 Å². The van der Waals surface area contributed by atoms with Crippen LogP contribution in [0, 0.1) is 10.1 Å². The molecule has 9 heteroatoms. The molecule has 0 unspecified atom stereocenters. The Bertz CT molecular complexity index is 632. The summed E-state index contributed by atoms with van der Waals surface area (Å²) in [7, 11) is 0. The number of aromatic nitrogens is 2. The summed E-state index contributed by atoms with van der Waals surface area (Å²) < 4.78 is 37.4. The Morgan fingerprint density at radius 2 is 1.80 bits per heavy atom. The smallest absolute Gasteiger partial charge is 0.258 e. The number of hydrogen-bond donors (Lipinski definition) is 0. The Labute approximate surface area is 115 Å². The van der Waals surface area contributed by atoms with Crippen LogP contribution in [0.15, 0.2) is 46.6 Å². The first-order chi connectivity index (χ1) is 9.36. The highest BCUT2D eigenvalue weighted by Crippen LogP contribution is 2.32. The summed E-state index contributed by atoms with van der Waals surface area (Å²) in [6, 6.07) is 6.25. The van der Waals surface area contributed by atoms with Gasteiger partial charge in [0.25, 0.3) is 5.69 Å². The van der Waals surface area contributed by atoms with Crippen LogP contribution in [0.25, 0.3) is 0 Å². The summed E-state index contributed by atoms with van der Waals surface area (Å²) >= 11 is 0.965. The molecule has 0 aliphatic carbocycles. The molecule has 1 aromatic heterocycles. The molecule has 20 heavy (non-hydrogen) atoms. The minimum atomic E-state index is -4.53. The molecule has 0 amide bonds. The zero-order valence-electron chi connectivity index (χ0n) is 9.66. The molecule has 5 nitrogen and oxygen atoms in total. The molecule has 2 rings (SSSR count). The van der Waals surface area contributed by atoms with E-state index >= 15 is 0 Å². The summed E-state index contributed by atoms with van der Waals surface area (Å²) in [5.41, 5.74) is -1.12. The lowest BCUT2D eigenvalue weighted by Gasteiger charge is -2.06. The van der Waals surface area contributed by atoms with Crippen LogP contribution in [0.5, 0.6) is 0 Å². The predicted molar refractivity (Wildman–Crippen MR) is 64.3 cm³/mol. The third-order valence-corrected chi connectivity index (χ3v) is 3.14. The van der Waals surface area contributed by atoms with E-state index in [1.165, 1.54) is 24.3 Å². The van der Waals surface area contributed by atoms with E-state index in [0.717, 1.165) is 24.2 Å². The van der Waals surface area contributed by atoms with Gasteiger partial charge in [-0.25, -0.2) is 9.97 Å². The zero-order chi connectivity index (χ0) is 14.8. The summed E-state index contributed by atoms with van der Waals surface area (Å²) in [4.78, 5) is 17.3. The second kappa shape index (κ2) is 5.45. The molecule has 0 saturated carbocycles. The summed E-state index contributed by atoms with van der Waals surface area (Å²) in [6.07, 6.45) is -3.70. The zero-order valence-corrected chi connectivity index (χ0v) is 10.5. The molecular formula is C11H6F3N3O2S. The van der Waals surface area contributed by atoms with Crippen LogP contribution in [0.2, 0.25) is 0 Å². The van der Waals surface area contributed by atoms with Crippen LogP contribution < -0.4 is 0 Å². The Balaban J connectivity index is 2.20. The third kappa shape index (κ3) is 3.44. The lowest BCUT2D eigenvalue weighted by Crippen LogP contribution is -2.08. The quantitative estimate of drug-likeness (QED) is 0.492.